The average Bonchev–Trinajstić information content (AvgIpc) is 2.42. The van der Waals surface area contributed by atoms with Gasteiger partial charge in [-0.05, 0) is 0 Å². The van der Waals surface area contributed by atoms with Crippen LogP contribution in [0.1, 0.15) is 0 Å². The molecule has 1 rings (SSSR count). The van der Waals surface area contributed by atoms with Gasteiger partial charge in [-0.15, -0.1) is 4.91 Å². The van der Waals surface area contributed by atoms with Crippen molar-refractivity contribution in [3.63, 3.8) is 0 Å². The highest BCUT2D eigenvalue weighted by molar-refractivity contribution is 5.73. The number of nitrogens with zero attached hydrogens (tertiary/aromatic N) is 2. The summed E-state index contributed by atoms with van der Waals surface area (Å²) in [6.45, 7) is -0.526. The molecule has 1 aliphatic rings. The van der Waals surface area contributed by atoms with Crippen LogP contribution in [0.25, 0.3) is 0 Å². The van der Waals surface area contributed by atoms with Crippen molar-refractivity contribution in [2.24, 2.45) is 5.29 Å². The van der Waals surface area contributed by atoms with Crippen molar-refractivity contribution in [3.05, 3.63) is 4.91 Å². The van der Waals surface area contributed by atoms with E-state index in [0.717, 1.165) is 7.05 Å². The van der Waals surface area contributed by atoms with Crippen molar-refractivity contribution in [2.75, 3.05) is 20.8 Å². The first-order chi connectivity index (χ1) is 8.96. The van der Waals surface area contributed by atoms with E-state index < -0.39 is 43.3 Å². The first-order valence-corrected chi connectivity index (χ1v) is 5.49. The van der Waals surface area contributed by atoms with Gasteiger partial charge in [-0.25, -0.2) is 4.79 Å². The lowest BCUT2D eigenvalue weighted by molar-refractivity contribution is -0.270. The summed E-state index contributed by atoms with van der Waals surface area (Å²) < 4.78 is 9.92. The normalized spacial score (nSPS) is 34.7. The van der Waals surface area contributed by atoms with E-state index >= 15 is 0 Å². The van der Waals surface area contributed by atoms with Crippen LogP contribution in [0.15, 0.2) is 5.29 Å². The lowest BCUT2D eigenvalue weighted by atomic mass is 9.96. The third-order valence-corrected chi connectivity index (χ3v) is 2.82. The first-order valence-electron chi connectivity index (χ1n) is 5.49. The lowest BCUT2D eigenvalue weighted by Gasteiger charge is -2.41. The number of nitrogens with one attached hydrogen (secondary N) is 1. The van der Waals surface area contributed by atoms with Crippen LogP contribution in [0.4, 0.5) is 4.79 Å². The number of carbonyl (C=O) groups is 1. The third-order valence-electron chi connectivity index (χ3n) is 2.82. The van der Waals surface area contributed by atoms with Crippen molar-refractivity contribution >= 4 is 6.03 Å². The molecule has 10 nitrogen and oxygen atoms in total. The molecule has 0 unspecified atom stereocenters. The Balaban J connectivity index is 2.81. The van der Waals surface area contributed by atoms with Crippen LogP contribution < -0.4 is 5.32 Å². The molecular formula is C9H17N3O7. The zero-order valence-corrected chi connectivity index (χ0v) is 10.5. The van der Waals surface area contributed by atoms with Crippen LogP contribution in [-0.2, 0) is 9.47 Å². The maximum Gasteiger partial charge on any atom is 0.340 e. The number of ether oxygens (including phenoxy) is 2. The van der Waals surface area contributed by atoms with Crippen molar-refractivity contribution < 1.29 is 29.6 Å². The topological polar surface area (TPSA) is 141 Å². The fraction of sp³-hybridized carbons (Fsp3) is 0.889. The number of amides is 2. The second-order valence-corrected chi connectivity index (χ2v) is 4.02. The molecule has 19 heavy (non-hydrogen) atoms. The van der Waals surface area contributed by atoms with Crippen molar-refractivity contribution in [3.8, 4) is 0 Å². The Labute approximate surface area is 108 Å². The number of urea groups is 1. The largest absolute Gasteiger partial charge is 0.394 e. The zero-order valence-electron chi connectivity index (χ0n) is 10.5. The number of nitroso groups, excluding NO2 is 1. The van der Waals surface area contributed by atoms with Crippen molar-refractivity contribution in [2.45, 2.75) is 30.6 Å². The lowest BCUT2D eigenvalue weighted by Crippen LogP contribution is -2.65. The fourth-order valence-corrected chi connectivity index (χ4v) is 1.73. The summed E-state index contributed by atoms with van der Waals surface area (Å²) in [7, 11) is 2.37. The van der Waals surface area contributed by atoms with Gasteiger partial charge in [-0.1, -0.05) is 0 Å². The number of carbonyl (C=O) groups excluding carboxylic acids is 1. The molecule has 4 N–H and O–H groups in total. The quantitative estimate of drug-likeness (QED) is 0.337. The monoisotopic (exact) mass is 279 g/mol. The van der Waals surface area contributed by atoms with E-state index in [4.69, 9.17) is 14.6 Å². The van der Waals surface area contributed by atoms with Crippen LogP contribution >= 0.6 is 0 Å². The fourth-order valence-electron chi connectivity index (χ4n) is 1.73. The smallest absolute Gasteiger partial charge is 0.340 e. The predicted molar refractivity (Wildman–Crippen MR) is 60.6 cm³/mol. The van der Waals surface area contributed by atoms with Gasteiger partial charge < -0.3 is 30.1 Å². The van der Waals surface area contributed by atoms with Gasteiger partial charge in [-0.2, -0.15) is 5.01 Å². The number of methoxy groups -OCH3 is 1. The Morgan fingerprint density at radius 1 is 1.47 bits per heavy atom. The molecule has 0 spiro atoms. The molecule has 2 amide bonds. The molecule has 0 radical (unpaired) electrons. The summed E-state index contributed by atoms with van der Waals surface area (Å²) in [5.74, 6) is 0. The zero-order chi connectivity index (χ0) is 14.6. The number of aliphatic hydroxyl groups excluding tert-OH is 3. The Morgan fingerprint density at radius 2 is 2.11 bits per heavy atom. The van der Waals surface area contributed by atoms with Gasteiger partial charge in [0, 0.05) is 14.2 Å². The van der Waals surface area contributed by atoms with Gasteiger partial charge in [0.2, 0.25) is 0 Å². The van der Waals surface area contributed by atoms with E-state index in [2.05, 4.69) is 10.6 Å². The van der Waals surface area contributed by atoms with Gasteiger partial charge in [0.05, 0.1) is 17.9 Å². The minimum atomic E-state index is -1.37. The van der Waals surface area contributed by atoms with Crippen LogP contribution in [0.2, 0.25) is 0 Å². The molecule has 0 saturated carbocycles. The summed E-state index contributed by atoms with van der Waals surface area (Å²) in [5, 5.41) is 33.9. The predicted octanol–water partition coefficient (Wildman–Crippen LogP) is -2.24. The highest BCUT2D eigenvalue weighted by Gasteiger charge is 2.45. The average molecular weight is 279 g/mol. The standard InChI is InChI=1S/C9H17N3O7/c1-12(11-17)9(16)10-5-6(14)4(3-13)19-8(18-2)7(5)15/h4-8,13-15H,3H2,1-2H3,(H,10,16)/t4-,5+,6-,7-,8+/m1/s1. The van der Waals surface area contributed by atoms with Gasteiger partial charge in [0.25, 0.3) is 0 Å². The molecule has 110 valence electrons. The van der Waals surface area contributed by atoms with Crippen LogP contribution in [-0.4, -0.2) is 77.8 Å². The molecule has 10 heteroatoms. The Hall–Kier alpha value is -1.33. The molecule has 1 heterocycles. The number of hydrogen-bond acceptors (Lipinski definition) is 8. The molecule has 5 atom stereocenters. The summed E-state index contributed by atoms with van der Waals surface area (Å²) in [6, 6.07) is -2.08. The number of aliphatic hydroxyl groups is 3. The molecule has 0 aromatic rings. The molecule has 1 saturated heterocycles. The molecule has 1 fully saturated rings. The molecule has 0 bridgehead atoms. The summed E-state index contributed by atoms with van der Waals surface area (Å²) in [6.07, 6.45) is -4.89. The SMILES string of the molecule is CO[C@H]1O[C@H](CO)[C@@H](O)[C@H](NC(=O)N(C)N=O)[C@H]1O. The van der Waals surface area contributed by atoms with Crippen molar-refractivity contribution in [1.29, 1.82) is 0 Å². The van der Waals surface area contributed by atoms with Crippen LogP contribution in [0.3, 0.4) is 0 Å². The highest BCUT2D eigenvalue weighted by atomic mass is 16.7. The van der Waals surface area contributed by atoms with Crippen LogP contribution in [0, 0.1) is 4.91 Å². The van der Waals surface area contributed by atoms with Gasteiger partial charge in [0.1, 0.15) is 18.3 Å². The van der Waals surface area contributed by atoms with E-state index in [-0.39, 0.29) is 0 Å². The molecule has 0 aromatic heterocycles. The van der Waals surface area contributed by atoms with Gasteiger partial charge in [0.15, 0.2) is 6.29 Å². The van der Waals surface area contributed by atoms with E-state index in [1.54, 1.807) is 0 Å². The summed E-state index contributed by atoms with van der Waals surface area (Å²) in [5.41, 5.74) is 0. The first kappa shape index (κ1) is 15.7. The van der Waals surface area contributed by atoms with E-state index in [1.807, 2.05) is 0 Å². The molecular weight excluding hydrogens is 262 g/mol. The van der Waals surface area contributed by atoms with E-state index in [0.29, 0.717) is 5.01 Å². The molecule has 1 aliphatic heterocycles. The number of hydrogen-bond donors (Lipinski definition) is 4. The Morgan fingerprint density at radius 3 is 2.58 bits per heavy atom. The maximum absolute atomic E-state index is 11.5. The van der Waals surface area contributed by atoms with Gasteiger partial charge in [-0.3, -0.25) is 0 Å². The summed E-state index contributed by atoms with van der Waals surface area (Å²) in [4.78, 5) is 21.7. The second-order valence-electron chi connectivity index (χ2n) is 4.02. The Kier molecular flexibility index (Phi) is 5.57. The minimum Gasteiger partial charge on any atom is -0.394 e. The van der Waals surface area contributed by atoms with E-state index in [1.165, 1.54) is 7.11 Å². The highest BCUT2D eigenvalue weighted by Crippen LogP contribution is 2.21. The van der Waals surface area contributed by atoms with Crippen LogP contribution in [0.5, 0.6) is 0 Å². The van der Waals surface area contributed by atoms with E-state index in [9.17, 15) is 19.9 Å². The van der Waals surface area contributed by atoms with Gasteiger partial charge >= 0.3 is 6.03 Å². The van der Waals surface area contributed by atoms with Crippen molar-refractivity contribution in [1.82, 2.24) is 10.3 Å². The summed E-state index contributed by atoms with van der Waals surface area (Å²) >= 11 is 0. The third kappa shape index (κ3) is 3.36. The molecule has 0 aliphatic carbocycles. The number of rotatable bonds is 4. The molecule has 0 aromatic carbocycles. The Bertz CT molecular complexity index is 313. The maximum atomic E-state index is 11.5. The minimum absolute atomic E-state index is 0.463. The second kappa shape index (κ2) is 6.73.